The van der Waals surface area contributed by atoms with E-state index in [2.05, 4.69) is 4.90 Å². The van der Waals surface area contributed by atoms with Gasteiger partial charge in [0.2, 0.25) is 0 Å². The Morgan fingerprint density at radius 3 is 2.22 bits per heavy atom. The van der Waals surface area contributed by atoms with Gasteiger partial charge in [-0.15, -0.1) is 0 Å². The van der Waals surface area contributed by atoms with Crippen LogP contribution in [0.4, 0.5) is 5.69 Å². The predicted molar refractivity (Wildman–Crippen MR) is 105 cm³/mol. The van der Waals surface area contributed by atoms with E-state index < -0.39 is 0 Å². The summed E-state index contributed by atoms with van der Waals surface area (Å²) in [7, 11) is 0. The Balaban J connectivity index is 1.44. The van der Waals surface area contributed by atoms with Crippen LogP contribution in [0.3, 0.4) is 0 Å². The number of nitrogens with zero attached hydrogens (tertiary/aromatic N) is 2. The lowest BCUT2D eigenvalue weighted by molar-refractivity contribution is 0.0926. The second-order valence-corrected chi connectivity index (χ2v) is 7.26. The van der Waals surface area contributed by atoms with Gasteiger partial charge in [0.1, 0.15) is 12.4 Å². The number of hydrogen-bond donors (Lipinski definition) is 0. The fourth-order valence-electron chi connectivity index (χ4n) is 3.64. The molecule has 0 spiro atoms. The van der Waals surface area contributed by atoms with Crippen LogP contribution in [0.5, 0.6) is 5.75 Å². The number of halogens is 1. The van der Waals surface area contributed by atoms with Crippen LogP contribution >= 0.6 is 11.6 Å². The Hall–Kier alpha value is -2.37. The fraction of sp³-hybridized carbons (Fsp3) is 0.333. The first-order valence-corrected chi connectivity index (χ1v) is 9.65. The zero-order chi connectivity index (χ0) is 18.8. The van der Waals surface area contributed by atoms with E-state index in [-0.39, 0.29) is 11.8 Å². The van der Waals surface area contributed by atoms with Crippen LogP contribution in [0, 0.1) is 0 Å². The van der Waals surface area contributed by atoms with E-state index in [0.29, 0.717) is 34.2 Å². The second-order valence-electron chi connectivity index (χ2n) is 6.86. The number of hydrogen-bond acceptors (Lipinski definition) is 4. The highest BCUT2D eigenvalue weighted by atomic mass is 35.5. The lowest BCUT2D eigenvalue weighted by Gasteiger charge is -2.26. The van der Waals surface area contributed by atoms with E-state index in [4.69, 9.17) is 16.3 Å². The molecular formula is C21H21ClN2O3. The van der Waals surface area contributed by atoms with E-state index in [0.717, 1.165) is 24.5 Å². The minimum Gasteiger partial charge on any atom is -0.491 e. The Kier molecular flexibility index (Phi) is 5.14. The molecule has 0 aromatic heterocycles. The second kappa shape index (κ2) is 7.71. The van der Waals surface area contributed by atoms with Gasteiger partial charge in [0.05, 0.1) is 21.8 Å². The van der Waals surface area contributed by atoms with E-state index in [1.165, 1.54) is 19.3 Å². The maximum atomic E-state index is 12.6. The molecule has 2 aliphatic rings. The number of fused-ring (bicyclic) bond motifs is 1. The van der Waals surface area contributed by atoms with Crippen molar-refractivity contribution in [3.05, 3.63) is 58.6 Å². The Morgan fingerprint density at radius 1 is 0.926 bits per heavy atom. The van der Waals surface area contributed by atoms with Crippen molar-refractivity contribution in [2.24, 2.45) is 0 Å². The van der Waals surface area contributed by atoms with Crippen LogP contribution < -0.4 is 9.64 Å². The molecule has 0 aliphatic carbocycles. The van der Waals surface area contributed by atoms with Crippen molar-refractivity contribution in [3.8, 4) is 5.75 Å². The van der Waals surface area contributed by atoms with Crippen molar-refractivity contribution in [1.82, 2.24) is 4.90 Å². The zero-order valence-electron chi connectivity index (χ0n) is 15.0. The van der Waals surface area contributed by atoms with Gasteiger partial charge in [-0.1, -0.05) is 30.2 Å². The van der Waals surface area contributed by atoms with Crippen LogP contribution in [0.25, 0.3) is 0 Å². The predicted octanol–water partition coefficient (Wildman–Crippen LogP) is 4.01. The third kappa shape index (κ3) is 3.57. The molecule has 2 aromatic carbocycles. The SMILES string of the molecule is O=C1c2ccccc2C(=O)N1c1ccc(OCCN2CCCCC2)c(Cl)c1. The highest BCUT2D eigenvalue weighted by Crippen LogP contribution is 2.33. The summed E-state index contributed by atoms with van der Waals surface area (Å²) in [4.78, 5) is 28.7. The van der Waals surface area contributed by atoms with Crippen LogP contribution in [-0.2, 0) is 0 Å². The van der Waals surface area contributed by atoms with E-state index in [9.17, 15) is 9.59 Å². The van der Waals surface area contributed by atoms with Gasteiger partial charge in [-0.25, -0.2) is 4.90 Å². The van der Waals surface area contributed by atoms with Gasteiger partial charge in [-0.05, 0) is 56.3 Å². The van der Waals surface area contributed by atoms with Crippen molar-refractivity contribution in [1.29, 1.82) is 0 Å². The fourth-order valence-corrected chi connectivity index (χ4v) is 3.87. The van der Waals surface area contributed by atoms with Gasteiger partial charge in [0, 0.05) is 6.54 Å². The summed E-state index contributed by atoms with van der Waals surface area (Å²) in [6.45, 7) is 3.67. The third-order valence-corrected chi connectivity index (χ3v) is 5.38. The average molecular weight is 385 g/mol. The maximum Gasteiger partial charge on any atom is 0.266 e. The standard InChI is InChI=1S/C21H21ClN2O3/c22-18-14-15(24-20(25)16-6-2-3-7-17(16)21(24)26)8-9-19(18)27-13-12-23-10-4-1-5-11-23/h2-3,6-9,14H,1,4-5,10-13H2. The quantitative estimate of drug-likeness (QED) is 0.731. The number of amides is 2. The van der Waals surface area contributed by atoms with Crippen LogP contribution in [0.15, 0.2) is 42.5 Å². The van der Waals surface area contributed by atoms with Crippen molar-refractivity contribution >= 4 is 29.1 Å². The summed E-state index contributed by atoms with van der Waals surface area (Å²) in [5, 5.41) is 0.391. The number of ether oxygens (including phenoxy) is 1. The lowest BCUT2D eigenvalue weighted by Crippen LogP contribution is -2.33. The Labute approximate surface area is 163 Å². The van der Waals surface area contributed by atoms with E-state index >= 15 is 0 Å². The largest absolute Gasteiger partial charge is 0.491 e. The molecule has 0 N–H and O–H groups in total. The number of rotatable bonds is 5. The molecule has 0 radical (unpaired) electrons. The first kappa shape index (κ1) is 18.0. The Morgan fingerprint density at radius 2 is 1.59 bits per heavy atom. The summed E-state index contributed by atoms with van der Waals surface area (Å²) in [6.07, 6.45) is 3.80. The highest BCUT2D eigenvalue weighted by Gasteiger charge is 2.36. The summed E-state index contributed by atoms with van der Waals surface area (Å²) >= 11 is 6.35. The minimum atomic E-state index is -0.328. The molecule has 6 heteroatoms. The number of carbonyl (C=O) groups is 2. The lowest BCUT2D eigenvalue weighted by atomic mass is 10.1. The van der Waals surface area contributed by atoms with Crippen LogP contribution in [0.1, 0.15) is 40.0 Å². The molecule has 4 rings (SSSR count). The van der Waals surface area contributed by atoms with E-state index in [1.807, 2.05) is 0 Å². The zero-order valence-corrected chi connectivity index (χ0v) is 15.7. The molecule has 0 saturated carbocycles. The molecule has 0 bridgehead atoms. The molecule has 5 nitrogen and oxygen atoms in total. The molecule has 2 aliphatic heterocycles. The van der Waals surface area contributed by atoms with Crippen molar-refractivity contribution < 1.29 is 14.3 Å². The number of carbonyl (C=O) groups excluding carboxylic acids is 2. The summed E-state index contributed by atoms with van der Waals surface area (Å²) in [6, 6.07) is 11.9. The summed E-state index contributed by atoms with van der Waals surface area (Å²) < 4.78 is 5.81. The first-order valence-electron chi connectivity index (χ1n) is 9.27. The molecule has 140 valence electrons. The topological polar surface area (TPSA) is 49.9 Å². The minimum absolute atomic E-state index is 0.328. The van der Waals surface area contributed by atoms with Crippen LogP contribution in [-0.4, -0.2) is 43.0 Å². The van der Waals surface area contributed by atoms with E-state index in [1.54, 1.807) is 42.5 Å². The summed E-state index contributed by atoms with van der Waals surface area (Å²) in [5.74, 6) is -0.0927. The molecule has 2 aromatic rings. The van der Waals surface area contributed by atoms with Gasteiger partial charge < -0.3 is 4.74 Å². The molecule has 2 heterocycles. The van der Waals surface area contributed by atoms with Crippen molar-refractivity contribution in [3.63, 3.8) is 0 Å². The van der Waals surface area contributed by atoms with Gasteiger partial charge in [-0.3, -0.25) is 14.5 Å². The van der Waals surface area contributed by atoms with Crippen molar-refractivity contribution in [2.75, 3.05) is 31.1 Å². The molecule has 0 atom stereocenters. The number of likely N-dealkylation sites (tertiary alicyclic amines) is 1. The molecule has 1 fully saturated rings. The summed E-state index contributed by atoms with van der Waals surface area (Å²) in [5.41, 5.74) is 1.29. The van der Waals surface area contributed by atoms with Crippen molar-refractivity contribution in [2.45, 2.75) is 19.3 Å². The molecular weight excluding hydrogens is 364 g/mol. The highest BCUT2D eigenvalue weighted by molar-refractivity contribution is 6.36. The molecule has 2 amide bonds. The molecule has 27 heavy (non-hydrogen) atoms. The molecule has 0 unspecified atom stereocenters. The van der Waals surface area contributed by atoms with Gasteiger partial charge in [-0.2, -0.15) is 0 Å². The Bertz CT molecular complexity index is 842. The number of piperidine rings is 1. The number of benzene rings is 2. The first-order chi connectivity index (χ1) is 13.1. The number of imide groups is 1. The normalized spacial score (nSPS) is 17.3. The van der Waals surface area contributed by atoms with Gasteiger partial charge in [0.25, 0.3) is 11.8 Å². The molecule has 1 saturated heterocycles. The maximum absolute atomic E-state index is 12.6. The van der Waals surface area contributed by atoms with Crippen LogP contribution in [0.2, 0.25) is 5.02 Å². The number of anilines is 1. The average Bonchev–Trinajstić information content (AvgIpc) is 2.95. The monoisotopic (exact) mass is 384 g/mol. The van der Waals surface area contributed by atoms with Gasteiger partial charge in [0.15, 0.2) is 0 Å². The third-order valence-electron chi connectivity index (χ3n) is 5.08. The smallest absolute Gasteiger partial charge is 0.266 e. The van der Waals surface area contributed by atoms with Gasteiger partial charge >= 0.3 is 0 Å².